The van der Waals surface area contributed by atoms with Crippen molar-refractivity contribution in [2.75, 3.05) is 6.61 Å². The average molecular weight is 285 g/mol. The number of aromatic nitrogens is 1. The second-order valence-electron chi connectivity index (χ2n) is 4.90. The summed E-state index contributed by atoms with van der Waals surface area (Å²) in [6, 6.07) is 10.6. The Hall–Kier alpha value is -2.36. The molecule has 21 heavy (non-hydrogen) atoms. The Bertz CT molecular complexity index is 671. The van der Waals surface area contributed by atoms with E-state index in [0.29, 0.717) is 24.5 Å². The predicted molar refractivity (Wildman–Crippen MR) is 82.1 cm³/mol. The van der Waals surface area contributed by atoms with E-state index in [-0.39, 0.29) is 5.56 Å². The summed E-state index contributed by atoms with van der Waals surface area (Å²) in [5.74, 6) is 0.693. The van der Waals surface area contributed by atoms with Crippen LogP contribution >= 0.6 is 0 Å². The molecule has 4 nitrogen and oxygen atoms in total. The number of carbonyl (C=O) groups excluding carboxylic acids is 1. The van der Waals surface area contributed by atoms with Crippen LogP contribution in [0.25, 0.3) is 0 Å². The van der Waals surface area contributed by atoms with Gasteiger partial charge in [0.05, 0.1) is 6.54 Å². The molecule has 0 fully saturated rings. The van der Waals surface area contributed by atoms with Crippen LogP contribution in [0.3, 0.4) is 0 Å². The Morgan fingerprint density at radius 2 is 1.90 bits per heavy atom. The third-order valence-corrected chi connectivity index (χ3v) is 3.32. The SMILES string of the molecule is CCc1cc(C)cc(=O)n1CCOc1ccc(C=O)cc1. The van der Waals surface area contributed by atoms with Crippen molar-refractivity contribution in [1.29, 1.82) is 0 Å². The highest BCUT2D eigenvalue weighted by Crippen LogP contribution is 2.11. The molecular weight excluding hydrogens is 266 g/mol. The Labute approximate surface area is 124 Å². The number of nitrogens with zero attached hydrogens (tertiary/aromatic N) is 1. The van der Waals surface area contributed by atoms with Crippen LogP contribution in [-0.2, 0) is 13.0 Å². The lowest BCUT2D eigenvalue weighted by Crippen LogP contribution is -2.25. The smallest absolute Gasteiger partial charge is 0.251 e. The van der Waals surface area contributed by atoms with E-state index in [0.717, 1.165) is 24.0 Å². The fourth-order valence-electron chi connectivity index (χ4n) is 2.24. The number of hydrogen-bond acceptors (Lipinski definition) is 3. The first-order chi connectivity index (χ1) is 10.1. The number of ether oxygens (including phenoxy) is 1. The molecule has 110 valence electrons. The Morgan fingerprint density at radius 3 is 2.52 bits per heavy atom. The molecule has 0 N–H and O–H groups in total. The second kappa shape index (κ2) is 6.88. The van der Waals surface area contributed by atoms with Crippen molar-refractivity contribution in [2.24, 2.45) is 0 Å². The third-order valence-electron chi connectivity index (χ3n) is 3.32. The van der Waals surface area contributed by atoms with Crippen LogP contribution in [0.15, 0.2) is 41.2 Å². The molecule has 0 unspecified atom stereocenters. The summed E-state index contributed by atoms with van der Waals surface area (Å²) in [5, 5.41) is 0. The van der Waals surface area contributed by atoms with Gasteiger partial charge in [0.1, 0.15) is 18.6 Å². The van der Waals surface area contributed by atoms with Gasteiger partial charge in [0, 0.05) is 17.3 Å². The molecule has 0 aliphatic carbocycles. The van der Waals surface area contributed by atoms with Crippen LogP contribution in [-0.4, -0.2) is 17.5 Å². The number of rotatable bonds is 6. The van der Waals surface area contributed by atoms with Crippen LogP contribution in [0.4, 0.5) is 0 Å². The molecule has 0 saturated carbocycles. The number of carbonyl (C=O) groups is 1. The summed E-state index contributed by atoms with van der Waals surface area (Å²) in [7, 11) is 0. The Kier molecular flexibility index (Phi) is 4.93. The van der Waals surface area contributed by atoms with E-state index in [1.54, 1.807) is 34.9 Å². The first-order valence-corrected chi connectivity index (χ1v) is 7.02. The van der Waals surface area contributed by atoms with Gasteiger partial charge in [0.25, 0.3) is 5.56 Å². The van der Waals surface area contributed by atoms with Gasteiger partial charge in [-0.05, 0) is 49.2 Å². The summed E-state index contributed by atoms with van der Waals surface area (Å²) in [5.41, 5.74) is 2.62. The topological polar surface area (TPSA) is 48.3 Å². The lowest BCUT2D eigenvalue weighted by atomic mass is 10.2. The zero-order valence-electron chi connectivity index (χ0n) is 12.3. The number of hydrogen-bond donors (Lipinski definition) is 0. The van der Waals surface area contributed by atoms with Gasteiger partial charge in [-0.2, -0.15) is 0 Å². The maximum atomic E-state index is 12.0. The van der Waals surface area contributed by atoms with Gasteiger partial charge >= 0.3 is 0 Å². The fraction of sp³-hybridized carbons (Fsp3) is 0.294. The van der Waals surface area contributed by atoms with E-state index < -0.39 is 0 Å². The van der Waals surface area contributed by atoms with E-state index in [4.69, 9.17) is 4.74 Å². The van der Waals surface area contributed by atoms with Crippen molar-refractivity contribution in [2.45, 2.75) is 26.8 Å². The normalized spacial score (nSPS) is 10.4. The summed E-state index contributed by atoms with van der Waals surface area (Å²) < 4.78 is 7.36. The van der Waals surface area contributed by atoms with Gasteiger partial charge in [0.2, 0.25) is 0 Å². The minimum Gasteiger partial charge on any atom is -0.492 e. The summed E-state index contributed by atoms with van der Waals surface area (Å²) in [4.78, 5) is 22.6. The molecular formula is C17H19NO3. The van der Waals surface area contributed by atoms with Gasteiger partial charge in [-0.25, -0.2) is 0 Å². The fourth-order valence-corrected chi connectivity index (χ4v) is 2.24. The van der Waals surface area contributed by atoms with E-state index in [1.807, 2.05) is 19.9 Å². The van der Waals surface area contributed by atoms with Crippen LogP contribution in [0.2, 0.25) is 0 Å². The molecule has 2 aromatic rings. The first-order valence-electron chi connectivity index (χ1n) is 7.02. The Morgan fingerprint density at radius 1 is 1.19 bits per heavy atom. The number of benzene rings is 1. The molecule has 1 aromatic heterocycles. The number of pyridine rings is 1. The van der Waals surface area contributed by atoms with E-state index in [2.05, 4.69) is 0 Å². The van der Waals surface area contributed by atoms with Gasteiger partial charge in [0.15, 0.2) is 0 Å². The number of aldehydes is 1. The molecule has 0 spiro atoms. The zero-order chi connectivity index (χ0) is 15.2. The van der Waals surface area contributed by atoms with E-state index in [9.17, 15) is 9.59 Å². The molecule has 0 radical (unpaired) electrons. The third kappa shape index (κ3) is 3.81. The van der Waals surface area contributed by atoms with Crippen molar-refractivity contribution < 1.29 is 9.53 Å². The van der Waals surface area contributed by atoms with Crippen LogP contribution < -0.4 is 10.3 Å². The predicted octanol–water partition coefficient (Wildman–Crippen LogP) is 2.61. The van der Waals surface area contributed by atoms with Crippen molar-refractivity contribution in [1.82, 2.24) is 4.57 Å². The minimum atomic E-state index is 0.00625. The first kappa shape index (κ1) is 15.0. The molecule has 0 atom stereocenters. The van der Waals surface area contributed by atoms with Gasteiger partial charge in [-0.1, -0.05) is 6.92 Å². The molecule has 0 aliphatic heterocycles. The minimum absolute atomic E-state index is 0.00625. The van der Waals surface area contributed by atoms with Crippen molar-refractivity contribution in [3.05, 3.63) is 63.6 Å². The molecule has 0 saturated heterocycles. The van der Waals surface area contributed by atoms with Crippen LogP contribution in [0.5, 0.6) is 5.75 Å². The van der Waals surface area contributed by atoms with E-state index >= 15 is 0 Å². The molecule has 0 amide bonds. The van der Waals surface area contributed by atoms with Gasteiger partial charge < -0.3 is 9.30 Å². The molecule has 2 rings (SSSR count). The zero-order valence-corrected chi connectivity index (χ0v) is 12.3. The standard InChI is InChI=1S/C17H19NO3/c1-3-15-10-13(2)11-17(20)18(15)8-9-21-16-6-4-14(12-19)5-7-16/h4-7,10-12H,3,8-9H2,1-2H3. The van der Waals surface area contributed by atoms with Gasteiger partial charge in [-0.3, -0.25) is 9.59 Å². The lowest BCUT2D eigenvalue weighted by Gasteiger charge is -2.13. The second-order valence-corrected chi connectivity index (χ2v) is 4.90. The molecule has 0 aliphatic rings. The Balaban J connectivity index is 2.03. The largest absolute Gasteiger partial charge is 0.492 e. The van der Waals surface area contributed by atoms with E-state index in [1.165, 1.54) is 0 Å². The monoisotopic (exact) mass is 285 g/mol. The summed E-state index contributed by atoms with van der Waals surface area (Å²) >= 11 is 0. The lowest BCUT2D eigenvalue weighted by molar-refractivity contribution is 0.112. The average Bonchev–Trinajstić information content (AvgIpc) is 2.49. The van der Waals surface area contributed by atoms with Crippen molar-refractivity contribution in [3.8, 4) is 5.75 Å². The van der Waals surface area contributed by atoms with Crippen molar-refractivity contribution >= 4 is 6.29 Å². The summed E-state index contributed by atoms with van der Waals surface area (Å²) in [6.07, 6.45) is 1.61. The van der Waals surface area contributed by atoms with Crippen molar-refractivity contribution in [3.63, 3.8) is 0 Å². The molecule has 0 bridgehead atoms. The van der Waals surface area contributed by atoms with Crippen LogP contribution in [0, 0.1) is 6.92 Å². The molecule has 4 heteroatoms. The highest BCUT2D eigenvalue weighted by Gasteiger charge is 2.04. The summed E-state index contributed by atoms with van der Waals surface area (Å²) in [6.45, 7) is 4.88. The highest BCUT2D eigenvalue weighted by molar-refractivity contribution is 5.74. The molecule has 1 aromatic carbocycles. The molecule has 1 heterocycles. The quantitative estimate of drug-likeness (QED) is 0.767. The maximum Gasteiger partial charge on any atom is 0.251 e. The van der Waals surface area contributed by atoms with Crippen LogP contribution in [0.1, 0.15) is 28.5 Å². The maximum absolute atomic E-state index is 12.0. The van der Waals surface area contributed by atoms with Gasteiger partial charge in [-0.15, -0.1) is 0 Å². The number of aryl methyl sites for hydroxylation is 2. The highest BCUT2D eigenvalue weighted by atomic mass is 16.5.